The quantitative estimate of drug-likeness (QED) is 0.376. The summed E-state index contributed by atoms with van der Waals surface area (Å²) in [5.74, 6) is -0.150. The van der Waals surface area contributed by atoms with E-state index in [1.165, 1.54) is 17.6 Å². The van der Waals surface area contributed by atoms with Gasteiger partial charge in [0.25, 0.3) is 0 Å². The zero-order chi connectivity index (χ0) is 21.0. The van der Waals surface area contributed by atoms with Gasteiger partial charge in [-0.05, 0) is 23.3 Å². The lowest BCUT2D eigenvalue weighted by Gasteiger charge is -2.37. The van der Waals surface area contributed by atoms with Gasteiger partial charge in [0.1, 0.15) is 5.76 Å². The van der Waals surface area contributed by atoms with Crippen molar-refractivity contribution >= 4 is 34.9 Å². The van der Waals surface area contributed by atoms with Gasteiger partial charge in [-0.15, -0.1) is 11.3 Å². The third kappa shape index (κ3) is 4.18. The first-order valence-electron chi connectivity index (χ1n) is 9.54. The number of aliphatic hydroxyl groups excluding tert-OH is 1. The largest absolute Gasteiger partial charge is 0.511 e. The molecule has 0 radical (unpaired) electrons. The number of aliphatic hydroxyl groups is 1. The van der Waals surface area contributed by atoms with Crippen molar-refractivity contribution in [2.24, 2.45) is 5.16 Å². The average Bonchev–Trinajstić information content (AvgIpc) is 3.18. The Morgan fingerprint density at radius 3 is 2.17 bits per heavy atom. The van der Waals surface area contributed by atoms with Gasteiger partial charge in [0.05, 0.1) is 16.1 Å². The fraction of sp³-hybridized carbons (Fsp3) is 0.167. The number of rotatable bonds is 6. The lowest BCUT2D eigenvalue weighted by atomic mass is 9.65. The molecule has 1 aromatic heterocycles. The van der Waals surface area contributed by atoms with E-state index in [4.69, 9.17) is 16.4 Å². The summed E-state index contributed by atoms with van der Waals surface area (Å²) in [5, 5.41) is 14.7. The Kier molecular flexibility index (Phi) is 6.02. The van der Waals surface area contributed by atoms with Crippen molar-refractivity contribution in [3.63, 3.8) is 0 Å². The highest BCUT2D eigenvalue weighted by Gasteiger charge is 2.42. The maximum Gasteiger partial charge on any atom is 0.169 e. The average molecular weight is 438 g/mol. The standard InChI is InChI=1S/C24H20ClNO3S/c25-23-12-11-19(30-23)16-29-26-15-20-21(27)13-24(14-22(20)28,17-7-3-1-4-8-17)18-9-5-2-6-10-18/h1-12,15,27H,13-14,16H2. The maximum atomic E-state index is 13.1. The van der Waals surface area contributed by atoms with Crippen molar-refractivity contribution in [1.29, 1.82) is 0 Å². The fourth-order valence-corrected chi connectivity index (χ4v) is 4.82. The molecule has 6 heteroatoms. The first-order valence-corrected chi connectivity index (χ1v) is 10.7. The van der Waals surface area contributed by atoms with E-state index in [1.807, 2.05) is 66.7 Å². The molecule has 1 aliphatic carbocycles. The van der Waals surface area contributed by atoms with E-state index in [1.54, 1.807) is 6.07 Å². The van der Waals surface area contributed by atoms with Gasteiger partial charge in [-0.3, -0.25) is 4.79 Å². The number of oxime groups is 1. The third-order valence-corrected chi connectivity index (χ3v) is 6.49. The molecule has 152 valence electrons. The molecule has 4 nitrogen and oxygen atoms in total. The van der Waals surface area contributed by atoms with E-state index in [9.17, 15) is 9.90 Å². The van der Waals surface area contributed by atoms with Crippen LogP contribution in [-0.4, -0.2) is 17.1 Å². The van der Waals surface area contributed by atoms with Crippen LogP contribution in [0.3, 0.4) is 0 Å². The number of ketones is 1. The van der Waals surface area contributed by atoms with Crippen molar-refractivity contribution in [2.75, 3.05) is 0 Å². The molecule has 0 saturated heterocycles. The van der Waals surface area contributed by atoms with Crippen LogP contribution < -0.4 is 0 Å². The number of allylic oxidation sites excluding steroid dienone is 2. The summed E-state index contributed by atoms with van der Waals surface area (Å²) in [4.78, 5) is 19.3. The summed E-state index contributed by atoms with van der Waals surface area (Å²) < 4.78 is 0.679. The highest BCUT2D eigenvalue weighted by atomic mass is 35.5. The van der Waals surface area contributed by atoms with Gasteiger partial charge in [0, 0.05) is 23.1 Å². The first kappa shape index (κ1) is 20.4. The predicted octanol–water partition coefficient (Wildman–Crippen LogP) is 6.07. The molecule has 0 saturated carbocycles. The van der Waals surface area contributed by atoms with Crippen LogP contribution in [0.2, 0.25) is 4.34 Å². The number of halogens is 1. The molecule has 0 spiro atoms. The topological polar surface area (TPSA) is 58.9 Å². The summed E-state index contributed by atoms with van der Waals surface area (Å²) in [5.41, 5.74) is 1.58. The number of benzene rings is 2. The minimum atomic E-state index is -0.615. The second kappa shape index (κ2) is 8.86. The predicted molar refractivity (Wildman–Crippen MR) is 120 cm³/mol. The number of Topliss-reactive ketones (excluding diaryl/α,β-unsaturated/α-hetero) is 1. The molecule has 1 N–H and O–H groups in total. The molecule has 0 unspecified atom stereocenters. The number of hydrogen-bond acceptors (Lipinski definition) is 5. The molecule has 30 heavy (non-hydrogen) atoms. The Balaban J connectivity index is 1.60. The number of carbonyl (C=O) groups is 1. The van der Waals surface area contributed by atoms with Gasteiger partial charge in [-0.25, -0.2) is 0 Å². The van der Waals surface area contributed by atoms with Gasteiger partial charge in [0.15, 0.2) is 12.4 Å². The van der Waals surface area contributed by atoms with E-state index in [2.05, 4.69) is 5.16 Å². The van der Waals surface area contributed by atoms with Gasteiger partial charge in [0.2, 0.25) is 0 Å². The Hall–Kier alpha value is -2.89. The maximum absolute atomic E-state index is 13.1. The number of thiophene rings is 1. The number of carbonyl (C=O) groups excluding carboxylic acids is 1. The SMILES string of the molecule is O=C1CC(c2ccccc2)(c2ccccc2)CC(O)=C1C=NOCc1ccc(Cl)s1. The minimum absolute atomic E-state index is 0.0190. The van der Waals surface area contributed by atoms with Gasteiger partial charge in [-0.2, -0.15) is 0 Å². The van der Waals surface area contributed by atoms with Gasteiger partial charge in [-0.1, -0.05) is 77.4 Å². The normalized spacial score (nSPS) is 16.2. The van der Waals surface area contributed by atoms with Crippen LogP contribution in [-0.2, 0) is 21.7 Å². The van der Waals surface area contributed by atoms with E-state index in [0.29, 0.717) is 10.8 Å². The van der Waals surface area contributed by atoms with E-state index < -0.39 is 5.41 Å². The van der Waals surface area contributed by atoms with Crippen LogP contribution in [0.4, 0.5) is 0 Å². The zero-order valence-electron chi connectivity index (χ0n) is 16.1. The molecular weight excluding hydrogens is 418 g/mol. The highest BCUT2D eigenvalue weighted by Crippen LogP contribution is 2.44. The molecule has 2 aromatic carbocycles. The van der Waals surface area contributed by atoms with E-state index >= 15 is 0 Å². The molecule has 1 heterocycles. The first-order chi connectivity index (χ1) is 14.6. The van der Waals surface area contributed by atoms with Crippen molar-refractivity contribution in [2.45, 2.75) is 24.9 Å². The zero-order valence-corrected chi connectivity index (χ0v) is 17.7. The summed E-state index contributed by atoms with van der Waals surface area (Å²) in [7, 11) is 0. The van der Waals surface area contributed by atoms with Crippen LogP contribution in [0, 0.1) is 0 Å². The van der Waals surface area contributed by atoms with E-state index in [0.717, 1.165) is 16.0 Å². The smallest absolute Gasteiger partial charge is 0.169 e. The van der Waals surface area contributed by atoms with Crippen molar-refractivity contribution < 1.29 is 14.7 Å². The number of nitrogens with zero attached hydrogens (tertiary/aromatic N) is 1. The van der Waals surface area contributed by atoms with Gasteiger partial charge >= 0.3 is 0 Å². The second-order valence-electron chi connectivity index (χ2n) is 7.17. The monoisotopic (exact) mass is 437 g/mol. The summed E-state index contributed by atoms with van der Waals surface area (Å²) in [6, 6.07) is 23.4. The Morgan fingerprint density at radius 2 is 1.63 bits per heavy atom. The molecule has 0 amide bonds. The van der Waals surface area contributed by atoms with Gasteiger partial charge < -0.3 is 9.94 Å². The second-order valence-corrected chi connectivity index (χ2v) is 8.96. The van der Waals surface area contributed by atoms with Crippen LogP contribution in [0.1, 0.15) is 28.8 Å². The summed E-state index contributed by atoms with van der Waals surface area (Å²) in [6.07, 6.45) is 1.87. The molecular formula is C24H20ClNO3S. The molecule has 0 bridgehead atoms. The van der Waals surface area contributed by atoms with Crippen molar-refractivity contribution in [3.8, 4) is 0 Å². The molecule has 1 aliphatic rings. The fourth-order valence-electron chi connectivity index (χ4n) is 3.83. The van der Waals surface area contributed by atoms with Crippen molar-refractivity contribution in [1.82, 2.24) is 0 Å². The molecule has 0 atom stereocenters. The Bertz CT molecular complexity index is 1050. The highest BCUT2D eigenvalue weighted by molar-refractivity contribution is 7.16. The van der Waals surface area contributed by atoms with Crippen molar-refractivity contribution in [3.05, 3.63) is 104 Å². The Morgan fingerprint density at radius 1 is 1.00 bits per heavy atom. The van der Waals surface area contributed by atoms with Crippen LogP contribution in [0.15, 0.2) is 89.3 Å². The van der Waals surface area contributed by atoms with Crippen LogP contribution in [0.5, 0.6) is 0 Å². The lowest BCUT2D eigenvalue weighted by molar-refractivity contribution is -0.116. The van der Waals surface area contributed by atoms with Crippen LogP contribution >= 0.6 is 22.9 Å². The van der Waals surface area contributed by atoms with E-state index in [-0.39, 0.29) is 30.1 Å². The third-order valence-electron chi connectivity index (χ3n) is 5.29. The number of hydrogen-bond donors (Lipinski definition) is 1. The molecule has 4 rings (SSSR count). The molecule has 0 aliphatic heterocycles. The minimum Gasteiger partial charge on any atom is -0.511 e. The molecule has 0 fully saturated rings. The molecule has 3 aromatic rings. The summed E-state index contributed by atoms with van der Waals surface area (Å²) in [6.45, 7) is 0.258. The Labute approximate surface area is 184 Å². The lowest BCUT2D eigenvalue weighted by Crippen LogP contribution is -2.36. The summed E-state index contributed by atoms with van der Waals surface area (Å²) >= 11 is 7.31. The van der Waals surface area contributed by atoms with Crippen LogP contribution in [0.25, 0.3) is 0 Å².